The van der Waals surface area contributed by atoms with E-state index in [9.17, 15) is 9.18 Å². The largest absolute Gasteiger partial charge is 0.494 e. The maximum atomic E-state index is 14.4. The first-order valence-corrected chi connectivity index (χ1v) is 14.8. The van der Waals surface area contributed by atoms with E-state index < -0.39 is 5.82 Å². The van der Waals surface area contributed by atoms with Crippen molar-refractivity contribution in [3.8, 4) is 11.5 Å². The topological polar surface area (TPSA) is 83.9 Å². The Morgan fingerprint density at radius 3 is 2.69 bits per heavy atom. The molecule has 10 heteroatoms. The number of hydrogen-bond donors (Lipinski definition) is 0. The molecule has 0 spiro atoms. The third-order valence-electron chi connectivity index (χ3n) is 7.79. The van der Waals surface area contributed by atoms with Crippen LogP contribution in [-0.2, 0) is 4.79 Å². The van der Waals surface area contributed by atoms with Gasteiger partial charge in [-0.05, 0) is 75.7 Å². The number of amides is 1. The monoisotopic (exact) mass is 574 g/mol. The predicted octanol–water partition coefficient (Wildman–Crippen LogP) is 4.82. The quantitative estimate of drug-likeness (QED) is 0.302. The highest BCUT2D eigenvalue weighted by Crippen LogP contribution is 2.30. The van der Waals surface area contributed by atoms with Crippen LogP contribution in [0, 0.1) is 5.82 Å². The molecule has 2 saturated heterocycles. The zero-order valence-corrected chi connectivity index (χ0v) is 24.5. The lowest BCUT2D eigenvalue weighted by Crippen LogP contribution is -2.55. The first-order chi connectivity index (χ1) is 20.5. The predicted molar refractivity (Wildman–Crippen MR) is 163 cm³/mol. The van der Waals surface area contributed by atoms with E-state index in [4.69, 9.17) is 19.4 Å². The number of aromatic nitrogens is 3. The molecule has 0 bridgehead atoms. The zero-order chi connectivity index (χ0) is 29.5. The summed E-state index contributed by atoms with van der Waals surface area (Å²) < 4.78 is 25.9. The molecule has 1 atom stereocenters. The number of pyridine rings is 1. The molecule has 2 aromatic heterocycles. The Labute approximate surface area is 246 Å². The van der Waals surface area contributed by atoms with Crippen LogP contribution in [0.3, 0.4) is 0 Å². The molecule has 1 amide bonds. The molecule has 9 nitrogen and oxygen atoms in total. The average molecular weight is 575 g/mol. The van der Waals surface area contributed by atoms with Gasteiger partial charge in [-0.15, -0.1) is 0 Å². The molecule has 2 aliphatic heterocycles. The summed E-state index contributed by atoms with van der Waals surface area (Å²) in [7, 11) is 0. The first kappa shape index (κ1) is 29.4. The summed E-state index contributed by atoms with van der Waals surface area (Å²) in [5.74, 6) is 1.68. The number of piperazine rings is 1. The van der Waals surface area contributed by atoms with Gasteiger partial charge in [-0.1, -0.05) is 13.5 Å². The van der Waals surface area contributed by atoms with Crippen molar-refractivity contribution < 1.29 is 18.7 Å². The van der Waals surface area contributed by atoms with Crippen LogP contribution in [0.25, 0.3) is 23.1 Å². The molecule has 1 aromatic carbocycles. The summed E-state index contributed by atoms with van der Waals surface area (Å²) in [6.07, 6.45) is 9.33. The number of hydrogen-bond acceptors (Lipinski definition) is 8. The number of benzene rings is 1. The van der Waals surface area contributed by atoms with Crippen LogP contribution in [0.4, 0.5) is 10.2 Å². The van der Waals surface area contributed by atoms with Crippen molar-refractivity contribution in [1.82, 2.24) is 24.8 Å². The van der Waals surface area contributed by atoms with Gasteiger partial charge < -0.3 is 19.3 Å². The molecule has 0 unspecified atom stereocenters. The van der Waals surface area contributed by atoms with Crippen LogP contribution in [0.1, 0.15) is 44.6 Å². The maximum Gasteiger partial charge on any atom is 0.246 e. The van der Waals surface area contributed by atoms with Crippen molar-refractivity contribution in [2.75, 3.05) is 57.4 Å². The third kappa shape index (κ3) is 6.87. The molecule has 42 heavy (non-hydrogen) atoms. The van der Waals surface area contributed by atoms with Crippen LogP contribution in [0.15, 0.2) is 43.1 Å². The summed E-state index contributed by atoms with van der Waals surface area (Å²) in [5, 5.41) is 0.880. The minimum Gasteiger partial charge on any atom is -0.494 e. The van der Waals surface area contributed by atoms with E-state index in [2.05, 4.69) is 28.3 Å². The van der Waals surface area contributed by atoms with E-state index in [0.717, 1.165) is 48.5 Å². The van der Waals surface area contributed by atoms with Crippen molar-refractivity contribution in [1.29, 1.82) is 0 Å². The molecule has 2 aliphatic rings. The summed E-state index contributed by atoms with van der Waals surface area (Å²) in [4.78, 5) is 32.8. The van der Waals surface area contributed by atoms with Gasteiger partial charge in [-0.2, -0.15) is 0 Å². The normalized spacial score (nSPS) is 17.7. The minimum atomic E-state index is -0.484. The van der Waals surface area contributed by atoms with Gasteiger partial charge in [0.15, 0.2) is 17.4 Å². The zero-order valence-electron chi connectivity index (χ0n) is 24.5. The second-order valence-corrected chi connectivity index (χ2v) is 10.5. The fourth-order valence-corrected chi connectivity index (χ4v) is 5.57. The Bertz CT molecular complexity index is 1440. The maximum absolute atomic E-state index is 14.4. The van der Waals surface area contributed by atoms with E-state index in [1.54, 1.807) is 18.2 Å². The highest BCUT2D eigenvalue weighted by atomic mass is 19.1. The van der Waals surface area contributed by atoms with Gasteiger partial charge in [0.2, 0.25) is 5.91 Å². The van der Waals surface area contributed by atoms with Gasteiger partial charge >= 0.3 is 0 Å². The summed E-state index contributed by atoms with van der Waals surface area (Å²) in [6, 6.07) is 7.44. The standard InChI is InChI=1S/C32H39FN6O3/c1-4-24-22-38(15-16-39(24)31(40)5-2)32-26-20-25(41-6-3)10-11-28(26)35-30(36-32)12-9-23-19-29(27(33)21-34-23)42-18-17-37-13-7-8-14-37/h5,9-12,19-21,24H,2,4,6-8,13-18,22H2,1,3H3/b12-9+/t24-/m0/s1. The average Bonchev–Trinajstić information content (AvgIpc) is 3.54. The number of carbonyl (C=O) groups excluding carboxylic acids is 1. The van der Waals surface area contributed by atoms with Crippen LogP contribution >= 0.6 is 0 Å². The molecule has 0 saturated carbocycles. The number of rotatable bonds is 11. The molecular formula is C32H39FN6O3. The number of carbonyl (C=O) groups is 1. The fourth-order valence-electron chi connectivity index (χ4n) is 5.57. The molecule has 222 valence electrons. The fraction of sp³-hybridized carbons (Fsp3) is 0.438. The van der Waals surface area contributed by atoms with Crippen molar-refractivity contribution in [2.45, 2.75) is 39.2 Å². The van der Waals surface area contributed by atoms with Gasteiger partial charge in [0.05, 0.1) is 24.0 Å². The molecule has 2 fully saturated rings. The molecule has 0 radical (unpaired) electrons. The van der Waals surface area contributed by atoms with Gasteiger partial charge in [-0.25, -0.2) is 14.4 Å². The van der Waals surface area contributed by atoms with E-state index in [-0.39, 0.29) is 17.7 Å². The molecule has 0 N–H and O–H groups in total. The summed E-state index contributed by atoms with van der Waals surface area (Å²) in [5.41, 5.74) is 1.32. The lowest BCUT2D eigenvalue weighted by Gasteiger charge is -2.41. The molecule has 4 heterocycles. The summed E-state index contributed by atoms with van der Waals surface area (Å²) in [6.45, 7) is 13.4. The van der Waals surface area contributed by atoms with Crippen molar-refractivity contribution in [3.05, 3.63) is 60.5 Å². The highest BCUT2D eigenvalue weighted by Gasteiger charge is 2.30. The van der Waals surface area contributed by atoms with Crippen LogP contribution in [-0.4, -0.2) is 89.2 Å². The lowest BCUT2D eigenvalue weighted by molar-refractivity contribution is -0.128. The van der Waals surface area contributed by atoms with E-state index >= 15 is 0 Å². The smallest absolute Gasteiger partial charge is 0.246 e. The van der Waals surface area contributed by atoms with Gasteiger partial charge in [0.25, 0.3) is 0 Å². The number of fused-ring (bicyclic) bond motifs is 1. The number of halogens is 1. The van der Waals surface area contributed by atoms with E-state index in [1.807, 2.05) is 30.0 Å². The minimum absolute atomic E-state index is 0.0376. The Morgan fingerprint density at radius 1 is 1.10 bits per heavy atom. The van der Waals surface area contributed by atoms with Crippen LogP contribution < -0.4 is 14.4 Å². The number of ether oxygens (including phenoxy) is 2. The van der Waals surface area contributed by atoms with Gasteiger partial charge in [-0.3, -0.25) is 14.7 Å². The van der Waals surface area contributed by atoms with Crippen LogP contribution in [0.2, 0.25) is 0 Å². The SMILES string of the molecule is C=CC(=O)N1CCN(c2nc(/C=C/c3cc(OCCN4CCCC4)c(F)cn3)nc3ccc(OCC)cc23)C[C@@H]1CC. The van der Waals surface area contributed by atoms with Crippen molar-refractivity contribution >= 4 is 34.8 Å². The molecule has 3 aromatic rings. The third-order valence-corrected chi connectivity index (χ3v) is 7.79. The van der Waals surface area contributed by atoms with Gasteiger partial charge in [0.1, 0.15) is 18.2 Å². The molecular weight excluding hydrogens is 535 g/mol. The van der Waals surface area contributed by atoms with Crippen LogP contribution in [0.5, 0.6) is 11.5 Å². The number of nitrogens with zero attached hydrogens (tertiary/aromatic N) is 6. The Morgan fingerprint density at radius 2 is 1.93 bits per heavy atom. The Kier molecular flexibility index (Phi) is 9.63. The first-order valence-electron chi connectivity index (χ1n) is 14.8. The number of likely N-dealkylation sites (tertiary alicyclic amines) is 1. The van der Waals surface area contributed by atoms with E-state index in [1.165, 1.54) is 25.1 Å². The summed E-state index contributed by atoms with van der Waals surface area (Å²) >= 11 is 0. The molecule has 0 aliphatic carbocycles. The Hall–Kier alpha value is -4.05. The second-order valence-electron chi connectivity index (χ2n) is 10.5. The number of anilines is 1. The van der Waals surface area contributed by atoms with Gasteiger partial charge in [0, 0.05) is 43.7 Å². The van der Waals surface area contributed by atoms with Crippen molar-refractivity contribution in [3.63, 3.8) is 0 Å². The highest BCUT2D eigenvalue weighted by molar-refractivity contribution is 5.92. The molecule has 5 rings (SSSR count). The lowest BCUT2D eigenvalue weighted by atomic mass is 10.1. The van der Waals surface area contributed by atoms with E-state index in [0.29, 0.717) is 44.4 Å². The second kappa shape index (κ2) is 13.7. The Balaban J connectivity index is 1.40. The van der Waals surface area contributed by atoms with Crippen molar-refractivity contribution in [2.24, 2.45) is 0 Å².